The number of aryl methyl sites for hydroxylation is 1. The van der Waals surface area contributed by atoms with Gasteiger partial charge in [-0.25, -0.2) is 4.39 Å². The van der Waals surface area contributed by atoms with E-state index in [1.54, 1.807) is 24.5 Å². The first-order valence-corrected chi connectivity index (χ1v) is 8.40. The number of rotatable bonds is 2. The molecule has 26 heavy (non-hydrogen) atoms. The van der Waals surface area contributed by atoms with Gasteiger partial charge in [-0.3, -0.25) is 9.98 Å². The van der Waals surface area contributed by atoms with Crippen molar-refractivity contribution in [2.24, 2.45) is 4.99 Å². The van der Waals surface area contributed by atoms with Crippen LogP contribution in [-0.2, 0) is 6.42 Å². The van der Waals surface area contributed by atoms with Gasteiger partial charge in [0, 0.05) is 42.7 Å². The molecule has 0 amide bonds. The molecule has 4 rings (SSSR count). The summed E-state index contributed by atoms with van der Waals surface area (Å²) in [5, 5.41) is 8.57. The Morgan fingerprint density at radius 1 is 1.12 bits per heavy atom. The van der Waals surface area contributed by atoms with Crippen LogP contribution in [0.5, 0.6) is 0 Å². The summed E-state index contributed by atoms with van der Waals surface area (Å²) in [6.07, 6.45) is 6.09. The van der Waals surface area contributed by atoms with Crippen molar-refractivity contribution in [1.82, 2.24) is 15.2 Å². The largest absolute Gasteiger partial charge is 0.367 e. The zero-order chi connectivity index (χ0) is 18.1. The maximum absolute atomic E-state index is 13.1. The normalized spacial score (nSPS) is 15.2. The van der Waals surface area contributed by atoms with Crippen molar-refractivity contribution in [3.8, 4) is 11.3 Å². The van der Waals surface area contributed by atoms with Crippen LogP contribution in [0, 0.1) is 12.7 Å². The van der Waals surface area contributed by atoms with E-state index in [1.807, 2.05) is 26.2 Å². The summed E-state index contributed by atoms with van der Waals surface area (Å²) in [7, 11) is 2.02. The third-order valence-corrected chi connectivity index (χ3v) is 4.50. The molecule has 130 valence electrons. The van der Waals surface area contributed by atoms with Gasteiger partial charge in [0.05, 0.1) is 24.1 Å². The number of pyridine rings is 1. The van der Waals surface area contributed by atoms with E-state index in [-0.39, 0.29) is 5.82 Å². The Labute approximate surface area is 151 Å². The minimum atomic E-state index is -0.258. The number of hydrogen-bond donors (Lipinski definition) is 0. The molecule has 0 saturated carbocycles. The standard InChI is InChI=1S/C20H18FN5/c1-13-7-8-22-11-18(13)19-20-14(10-23-25-19)9-17(12-26(20)2)24-16-5-3-15(21)4-6-16/h3-8,10-11H,9,12H2,1-2H3. The number of aromatic nitrogens is 3. The van der Waals surface area contributed by atoms with Crippen LogP contribution in [-0.4, -0.2) is 34.5 Å². The summed E-state index contributed by atoms with van der Waals surface area (Å²) in [6, 6.07) is 8.20. The van der Waals surface area contributed by atoms with Crippen LogP contribution >= 0.6 is 0 Å². The number of nitrogens with zero attached hydrogens (tertiary/aromatic N) is 5. The summed E-state index contributed by atoms with van der Waals surface area (Å²) < 4.78 is 13.1. The Kier molecular flexibility index (Phi) is 4.16. The zero-order valence-electron chi connectivity index (χ0n) is 14.6. The molecule has 1 aromatic carbocycles. The Hall–Kier alpha value is -3.15. The Bertz CT molecular complexity index is 982. The highest BCUT2D eigenvalue weighted by Crippen LogP contribution is 2.35. The molecular weight excluding hydrogens is 329 g/mol. The first kappa shape index (κ1) is 16.3. The van der Waals surface area contributed by atoms with Crippen LogP contribution in [0.1, 0.15) is 11.1 Å². The maximum Gasteiger partial charge on any atom is 0.123 e. The fourth-order valence-electron chi connectivity index (χ4n) is 3.27. The lowest BCUT2D eigenvalue weighted by molar-refractivity contribution is 0.628. The molecule has 0 radical (unpaired) electrons. The van der Waals surface area contributed by atoms with Crippen LogP contribution in [0.25, 0.3) is 11.3 Å². The fourth-order valence-corrected chi connectivity index (χ4v) is 3.27. The monoisotopic (exact) mass is 347 g/mol. The molecule has 0 atom stereocenters. The van der Waals surface area contributed by atoms with E-state index < -0.39 is 0 Å². The van der Waals surface area contributed by atoms with Gasteiger partial charge in [-0.15, -0.1) is 5.10 Å². The lowest BCUT2D eigenvalue weighted by atomic mass is 9.98. The SMILES string of the molecule is Cc1ccncc1-c1nncc2c1N(C)CC(=Nc1ccc(F)cc1)C2. The lowest BCUT2D eigenvalue weighted by Crippen LogP contribution is -2.33. The van der Waals surface area contributed by atoms with E-state index in [0.717, 1.165) is 39.5 Å². The molecule has 3 heterocycles. The van der Waals surface area contributed by atoms with Crippen LogP contribution in [0.4, 0.5) is 15.8 Å². The molecule has 0 saturated heterocycles. The van der Waals surface area contributed by atoms with E-state index >= 15 is 0 Å². The van der Waals surface area contributed by atoms with Gasteiger partial charge < -0.3 is 4.90 Å². The second-order valence-electron chi connectivity index (χ2n) is 6.44. The average molecular weight is 347 g/mol. The molecule has 0 N–H and O–H groups in total. The number of aliphatic imine (C=N–C) groups is 1. The number of fused-ring (bicyclic) bond motifs is 1. The smallest absolute Gasteiger partial charge is 0.123 e. The van der Waals surface area contributed by atoms with E-state index in [1.165, 1.54) is 12.1 Å². The van der Waals surface area contributed by atoms with Crippen LogP contribution in [0.15, 0.2) is 53.9 Å². The Morgan fingerprint density at radius 2 is 1.92 bits per heavy atom. The number of anilines is 1. The molecule has 5 nitrogen and oxygen atoms in total. The fraction of sp³-hybridized carbons (Fsp3) is 0.200. The molecule has 3 aromatic rings. The van der Waals surface area contributed by atoms with Gasteiger partial charge in [0.2, 0.25) is 0 Å². The van der Waals surface area contributed by atoms with Crippen molar-refractivity contribution in [2.75, 3.05) is 18.5 Å². The molecule has 2 aromatic heterocycles. The quantitative estimate of drug-likeness (QED) is 0.708. The molecule has 0 bridgehead atoms. The first-order chi connectivity index (χ1) is 12.6. The summed E-state index contributed by atoms with van der Waals surface area (Å²) >= 11 is 0. The Morgan fingerprint density at radius 3 is 2.69 bits per heavy atom. The van der Waals surface area contributed by atoms with Gasteiger partial charge in [-0.1, -0.05) is 0 Å². The zero-order valence-corrected chi connectivity index (χ0v) is 14.6. The highest BCUT2D eigenvalue weighted by molar-refractivity contribution is 5.98. The van der Waals surface area contributed by atoms with Gasteiger partial charge in [0.15, 0.2) is 0 Å². The van der Waals surface area contributed by atoms with Gasteiger partial charge in [-0.05, 0) is 42.8 Å². The average Bonchev–Trinajstić information content (AvgIpc) is 2.63. The topological polar surface area (TPSA) is 54.3 Å². The van der Waals surface area contributed by atoms with E-state index in [4.69, 9.17) is 0 Å². The molecule has 1 aliphatic rings. The van der Waals surface area contributed by atoms with E-state index in [2.05, 4.69) is 25.1 Å². The van der Waals surface area contributed by atoms with Gasteiger partial charge in [0.1, 0.15) is 11.5 Å². The van der Waals surface area contributed by atoms with E-state index in [0.29, 0.717) is 13.0 Å². The summed E-state index contributed by atoms with van der Waals surface area (Å²) in [4.78, 5) is 11.0. The summed E-state index contributed by atoms with van der Waals surface area (Å²) in [5.74, 6) is -0.258. The van der Waals surface area contributed by atoms with E-state index in [9.17, 15) is 4.39 Å². The predicted molar refractivity (Wildman–Crippen MR) is 100 cm³/mol. The summed E-state index contributed by atoms with van der Waals surface area (Å²) in [5.41, 5.74) is 6.85. The minimum absolute atomic E-state index is 0.258. The molecule has 0 unspecified atom stereocenters. The number of hydrogen-bond acceptors (Lipinski definition) is 5. The van der Waals surface area contributed by atoms with Crippen molar-refractivity contribution in [3.05, 3.63) is 65.9 Å². The third-order valence-electron chi connectivity index (χ3n) is 4.50. The van der Waals surface area contributed by atoms with Crippen LogP contribution < -0.4 is 4.90 Å². The van der Waals surface area contributed by atoms with Crippen molar-refractivity contribution in [3.63, 3.8) is 0 Å². The molecule has 0 aliphatic carbocycles. The van der Waals surface area contributed by atoms with Crippen molar-refractivity contribution < 1.29 is 4.39 Å². The molecule has 0 fully saturated rings. The number of halogens is 1. The van der Waals surface area contributed by atoms with Crippen molar-refractivity contribution in [2.45, 2.75) is 13.3 Å². The highest BCUT2D eigenvalue weighted by Gasteiger charge is 2.24. The maximum atomic E-state index is 13.1. The molecule has 0 spiro atoms. The second-order valence-corrected chi connectivity index (χ2v) is 6.44. The van der Waals surface area contributed by atoms with Crippen LogP contribution in [0.3, 0.4) is 0 Å². The Balaban J connectivity index is 1.73. The lowest BCUT2D eigenvalue weighted by Gasteiger charge is -2.30. The summed E-state index contributed by atoms with van der Waals surface area (Å²) in [6.45, 7) is 2.73. The van der Waals surface area contributed by atoms with Crippen molar-refractivity contribution in [1.29, 1.82) is 0 Å². The predicted octanol–water partition coefficient (Wildman–Crippen LogP) is 3.75. The highest BCUT2D eigenvalue weighted by atomic mass is 19.1. The number of benzene rings is 1. The van der Waals surface area contributed by atoms with Crippen LogP contribution in [0.2, 0.25) is 0 Å². The van der Waals surface area contributed by atoms with Crippen molar-refractivity contribution >= 4 is 17.1 Å². The van der Waals surface area contributed by atoms with Gasteiger partial charge in [-0.2, -0.15) is 5.10 Å². The first-order valence-electron chi connectivity index (χ1n) is 8.40. The minimum Gasteiger partial charge on any atom is -0.367 e. The molecule has 6 heteroatoms. The molecular formula is C20H18FN5. The van der Waals surface area contributed by atoms with Gasteiger partial charge >= 0.3 is 0 Å². The second kappa shape index (κ2) is 6.63. The third kappa shape index (κ3) is 3.06. The van der Waals surface area contributed by atoms with Gasteiger partial charge in [0.25, 0.3) is 0 Å². The molecule has 1 aliphatic heterocycles.